The molecule has 0 bridgehead atoms. The van der Waals surface area contributed by atoms with Gasteiger partial charge in [-0.2, -0.15) is 0 Å². The molecule has 1 saturated carbocycles. The lowest BCUT2D eigenvalue weighted by molar-refractivity contribution is 0.139. The molecular formula is C18H24N2O2. The maximum absolute atomic E-state index is 8.88. The lowest BCUT2D eigenvalue weighted by atomic mass is 9.93. The third-order valence-corrected chi connectivity index (χ3v) is 4.45. The maximum atomic E-state index is 8.88. The van der Waals surface area contributed by atoms with Crippen LogP contribution >= 0.6 is 0 Å². The fourth-order valence-corrected chi connectivity index (χ4v) is 3.30. The van der Waals surface area contributed by atoms with Gasteiger partial charge in [-0.3, -0.25) is 4.98 Å². The molecule has 0 unspecified atom stereocenters. The van der Waals surface area contributed by atoms with E-state index in [9.17, 15) is 0 Å². The zero-order valence-electron chi connectivity index (χ0n) is 13.1. The van der Waals surface area contributed by atoms with Gasteiger partial charge in [0.25, 0.3) is 0 Å². The molecule has 4 heteroatoms. The van der Waals surface area contributed by atoms with Gasteiger partial charge >= 0.3 is 0 Å². The van der Waals surface area contributed by atoms with Gasteiger partial charge < -0.3 is 15.2 Å². The Morgan fingerprint density at radius 2 is 2.05 bits per heavy atom. The highest BCUT2D eigenvalue weighted by atomic mass is 16.5. The summed E-state index contributed by atoms with van der Waals surface area (Å²) in [7, 11) is 0. The number of aliphatic hydroxyl groups is 1. The van der Waals surface area contributed by atoms with Crippen molar-refractivity contribution < 1.29 is 9.84 Å². The summed E-state index contributed by atoms with van der Waals surface area (Å²) in [6, 6.07) is 6.70. The fraction of sp³-hybridized carbons (Fsp3) is 0.500. The van der Waals surface area contributed by atoms with Crippen molar-refractivity contribution in [2.24, 2.45) is 0 Å². The molecule has 2 N–H and O–H groups in total. The number of pyridine rings is 1. The first kappa shape index (κ1) is 15.3. The summed E-state index contributed by atoms with van der Waals surface area (Å²) in [5, 5.41) is 14.6. The summed E-state index contributed by atoms with van der Waals surface area (Å²) in [5.41, 5.74) is 1.16. The van der Waals surface area contributed by atoms with Gasteiger partial charge in [-0.05, 0) is 44.2 Å². The third-order valence-electron chi connectivity index (χ3n) is 4.45. The second-order valence-corrected chi connectivity index (χ2v) is 6.08. The molecule has 1 aromatic heterocycles. The van der Waals surface area contributed by atoms with Crippen molar-refractivity contribution in [3.63, 3.8) is 0 Å². The van der Waals surface area contributed by atoms with E-state index in [0.717, 1.165) is 42.4 Å². The van der Waals surface area contributed by atoms with Crippen LogP contribution in [0.1, 0.15) is 31.2 Å². The molecule has 0 spiro atoms. The number of hydrogen-bond donors (Lipinski definition) is 2. The molecule has 0 radical (unpaired) electrons. The van der Waals surface area contributed by atoms with E-state index < -0.39 is 0 Å². The molecule has 0 amide bonds. The average Bonchev–Trinajstić information content (AvgIpc) is 2.54. The number of nitrogens with one attached hydrogen (secondary N) is 1. The van der Waals surface area contributed by atoms with E-state index >= 15 is 0 Å². The van der Waals surface area contributed by atoms with E-state index in [0.29, 0.717) is 12.6 Å². The van der Waals surface area contributed by atoms with Crippen LogP contribution in [-0.4, -0.2) is 35.4 Å². The van der Waals surface area contributed by atoms with Crippen LogP contribution < -0.4 is 10.1 Å². The van der Waals surface area contributed by atoms with Crippen molar-refractivity contribution in [3.05, 3.63) is 36.2 Å². The summed E-state index contributed by atoms with van der Waals surface area (Å²) in [6.07, 6.45) is 8.40. The number of rotatable bonds is 5. The number of ether oxygens (including phenoxy) is 1. The monoisotopic (exact) mass is 300 g/mol. The molecule has 1 heterocycles. The SMILES string of the molecule is Cc1cncc2cccc(O[C@H]3CC[C@H](NCCO)CC3)c12. The molecule has 0 saturated heterocycles. The Hall–Kier alpha value is -1.65. The van der Waals surface area contributed by atoms with Gasteiger partial charge in [0.15, 0.2) is 0 Å². The van der Waals surface area contributed by atoms with Gasteiger partial charge in [0, 0.05) is 35.8 Å². The van der Waals surface area contributed by atoms with Crippen molar-refractivity contribution in [2.45, 2.75) is 44.8 Å². The molecule has 1 fully saturated rings. The molecule has 1 aliphatic carbocycles. The van der Waals surface area contributed by atoms with Crippen LogP contribution in [0.2, 0.25) is 0 Å². The Balaban J connectivity index is 1.67. The Morgan fingerprint density at radius 1 is 1.23 bits per heavy atom. The van der Waals surface area contributed by atoms with Gasteiger partial charge in [-0.25, -0.2) is 0 Å². The summed E-state index contributed by atoms with van der Waals surface area (Å²) in [4.78, 5) is 4.25. The first-order valence-corrected chi connectivity index (χ1v) is 8.12. The smallest absolute Gasteiger partial charge is 0.127 e. The van der Waals surface area contributed by atoms with E-state index in [-0.39, 0.29) is 12.7 Å². The molecular weight excluding hydrogens is 276 g/mol. The molecule has 1 aliphatic rings. The number of hydrogen-bond acceptors (Lipinski definition) is 4. The topological polar surface area (TPSA) is 54.4 Å². The average molecular weight is 300 g/mol. The van der Waals surface area contributed by atoms with Crippen LogP contribution in [0.3, 0.4) is 0 Å². The van der Waals surface area contributed by atoms with Crippen molar-refractivity contribution >= 4 is 10.8 Å². The van der Waals surface area contributed by atoms with E-state index in [1.165, 1.54) is 5.39 Å². The van der Waals surface area contributed by atoms with Gasteiger partial charge in [-0.1, -0.05) is 12.1 Å². The normalized spacial score (nSPS) is 21.9. The first-order valence-electron chi connectivity index (χ1n) is 8.12. The Kier molecular flexibility index (Phi) is 4.90. The highest BCUT2D eigenvalue weighted by molar-refractivity contribution is 5.90. The van der Waals surface area contributed by atoms with Crippen LogP contribution in [0.5, 0.6) is 5.75 Å². The van der Waals surface area contributed by atoms with E-state index in [4.69, 9.17) is 9.84 Å². The number of nitrogens with zero attached hydrogens (tertiary/aromatic N) is 1. The predicted molar refractivity (Wildman–Crippen MR) is 88.2 cm³/mol. The minimum Gasteiger partial charge on any atom is -0.490 e. The summed E-state index contributed by atoms with van der Waals surface area (Å²) >= 11 is 0. The van der Waals surface area contributed by atoms with E-state index in [1.807, 2.05) is 18.5 Å². The van der Waals surface area contributed by atoms with Crippen molar-refractivity contribution in [1.82, 2.24) is 10.3 Å². The first-order chi connectivity index (χ1) is 10.8. The zero-order chi connectivity index (χ0) is 15.4. The third kappa shape index (κ3) is 3.39. The minimum absolute atomic E-state index is 0.208. The van der Waals surface area contributed by atoms with Gasteiger partial charge in [0.1, 0.15) is 5.75 Å². The second-order valence-electron chi connectivity index (χ2n) is 6.08. The lowest BCUT2D eigenvalue weighted by Crippen LogP contribution is -2.37. The number of benzene rings is 1. The number of fused-ring (bicyclic) bond motifs is 1. The van der Waals surface area contributed by atoms with E-state index in [1.54, 1.807) is 0 Å². The Bertz CT molecular complexity index is 616. The number of aliphatic hydroxyl groups excluding tert-OH is 1. The van der Waals surface area contributed by atoms with Gasteiger partial charge in [0.05, 0.1) is 12.7 Å². The largest absolute Gasteiger partial charge is 0.490 e. The molecule has 2 aromatic rings. The summed E-state index contributed by atoms with van der Waals surface area (Å²) < 4.78 is 6.30. The van der Waals surface area contributed by atoms with Crippen molar-refractivity contribution in [2.75, 3.05) is 13.2 Å². The number of aryl methyl sites for hydroxylation is 1. The predicted octanol–water partition coefficient (Wildman–Crippen LogP) is 2.82. The van der Waals surface area contributed by atoms with E-state index in [2.05, 4.69) is 29.4 Å². The highest BCUT2D eigenvalue weighted by Crippen LogP contribution is 2.31. The van der Waals surface area contributed by atoms with Crippen LogP contribution in [0.4, 0.5) is 0 Å². The quantitative estimate of drug-likeness (QED) is 0.891. The standard InChI is InChI=1S/C18H24N2O2/c1-13-11-19-12-14-3-2-4-17(18(13)14)22-16-7-5-15(6-8-16)20-9-10-21/h2-4,11-12,15-16,20-21H,5-10H2,1H3/t15-,16-. The summed E-state index contributed by atoms with van der Waals surface area (Å²) in [5.74, 6) is 0.976. The second kappa shape index (κ2) is 7.07. The Labute approximate surface area is 131 Å². The molecule has 0 atom stereocenters. The lowest BCUT2D eigenvalue weighted by Gasteiger charge is -2.30. The molecule has 0 aliphatic heterocycles. The van der Waals surface area contributed by atoms with Crippen molar-refractivity contribution in [3.8, 4) is 5.75 Å². The molecule has 1 aromatic carbocycles. The Morgan fingerprint density at radius 3 is 2.82 bits per heavy atom. The molecule has 22 heavy (non-hydrogen) atoms. The van der Waals surface area contributed by atoms with Crippen molar-refractivity contribution in [1.29, 1.82) is 0 Å². The highest BCUT2D eigenvalue weighted by Gasteiger charge is 2.22. The summed E-state index contributed by atoms with van der Waals surface area (Å²) in [6.45, 7) is 2.98. The molecule has 4 nitrogen and oxygen atoms in total. The number of aromatic nitrogens is 1. The van der Waals surface area contributed by atoms with Crippen LogP contribution in [0.25, 0.3) is 10.8 Å². The maximum Gasteiger partial charge on any atom is 0.127 e. The van der Waals surface area contributed by atoms with Gasteiger partial charge in [0.2, 0.25) is 0 Å². The van der Waals surface area contributed by atoms with Crippen LogP contribution in [0.15, 0.2) is 30.6 Å². The minimum atomic E-state index is 0.208. The molecule has 118 valence electrons. The van der Waals surface area contributed by atoms with Gasteiger partial charge in [-0.15, -0.1) is 0 Å². The van der Waals surface area contributed by atoms with Crippen LogP contribution in [0, 0.1) is 6.92 Å². The van der Waals surface area contributed by atoms with Crippen LogP contribution in [-0.2, 0) is 0 Å². The fourth-order valence-electron chi connectivity index (χ4n) is 3.30. The molecule has 3 rings (SSSR count). The zero-order valence-corrected chi connectivity index (χ0v) is 13.1.